The van der Waals surface area contributed by atoms with Crippen molar-refractivity contribution in [3.05, 3.63) is 54.1 Å². The highest BCUT2D eigenvalue weighted by atomic mass is 32.1. The summed E-state index contributed by atoms with van der Waals surface area (Å²) in [5, 5.41) is 4.00. The maximum absolute atomic E-state index is 12.9. The molecule has 7 nitrogen and oxygen atoms in total. The summed E-state index contributed by atoms with van der Waals surface area (Å²) in [6, 6.07) is 15.7. The maximum atomic E-state index is 12.9. The molecule has 2 aliphatic heterocycles. The molecule has 2 atom stereocenters. The first kappa shape index (κ1) is 20.9. The van der Waals surface area contributed by atoms with E-state index in [1.165, 1.54) is 0 Å². The monoisotopic (exact) mass is 450 g/mol. The Kier molecular flexibility index (Phi) is 5.80. The fourth-order valence-electron chi connectivity index (χ4n) is 4.32. The lowest BCUT2D eigenvalue weighted by Gasteiger charge is -2.25. The van der Waals surface area contributed by atoms with Crippen LogP contribution in [0.3, 0.4) is 0 Å². The molecule has 8 heteroatoms. The number of aromatic nitrogens is 1. The summed E-state index contributed by atoms with van der Waals surface area (Å²) in [5.41, 5.74) is 2.74. The minimum Gasteiger partial charge on any atom is -0.378 e. The molecule has 1 N–H and O–H groups in total. The average Bonchev–Trinajstić information content (AvgIpc) is 3.43. The first-order valence-corrected chi connectivity index (χ1v) is 11.8. The zero-order valence-electron chi connectivity index (χ0n) is 18.0. The number of nitrogens with zero attached hydrogens (tertiary/aromatic N) is 3. The van der Waals surface area contributed by atoms with Crippen LogP contribution in [0.2, 0.25) is 0 Å². The smallest absolute Gasteiger partial charge is 0.229 e. The van der Waals surface area contributed by atoms with Gasteiger partial charge >= 0.3 is 0 Å². The van der Waals surface area contributed by atoms with Crippen LogP contribution in [0.5, 0.6) is 0 Å². The van der Waals surface area contributed by atoms with Gasteiger partial charge in [-0.1, -0.05) is 41.7 Å². The summed E-state index contributed by atoms with van der Waals surface area (Å²) < 4.78 is 6.46. The van der Waals surface area contributed by atoms with Gasteiger partial charge in [0, 0.05) is 31.7 Å². The third kappa shape index (κ3) is 4.20. The SMILES string of the molecule is C[C@@H](c1ccccc1)N1C[C@@H](C(=O)Nc2ccc3nc(N4CCOCC4)sc3c2)CC1=O. The fraction of sp³-hybridized carbons (Fsp3) is 0.375. The van der Waals surface area contributed by atoms with Gasteiger partial charge in [-0.05, 0) is 30.7 Å². The van der Waals surface area contributed by atoms with E-state index in [4.69, 9.17) is 9.72 Å². The van der Waals surface area contributed by atoms with Crippen LogP contribution in [0, 0.1) is 5.92 Å². The summed E-state index contributed by atoms with van der Waals surface area (Å²) in [6.07, 6.45) is 0.243. The number of amides is 2. The van der Waals surface area contributed by atoms with Crippen LogP contribution in [0.15, 0.2) is 48.5 Å². The second-order valence-corrected chi connectivity index (χ2v) is 9.31. The summed E-state index contributed by atoms with van der Waals surface area (Å²) >= 11 is 1.63. The number of nitrogens with one attached hydrogen (secondary N) is 1. The Morgan fingerprint density at radius 2 is 1.97 bits per heavy atom. The first-order chi connectivity index (χ1) is 15.6. The Balaban J connectivity index is 1.26. The van der Waals surface area contributed by atoms with Crippen molar-refractivity contribution in [1.29, 1.82) is 0 Å². The van der Waals surface area contributed by atoms with Gasteiger partial charge in [-0.2, -0.15) is 0 Å². The number of ether oxygens (including phenoxy) is 1. The molecule has 0 unspecified atom stereocenters. The largest absolute Gasteiger partial charge is 0.378 e. The topological polar surface area (TPSA) is 74.8 Å². The Morgan fingerprint density at radius 1 is 1.19 bits per heavy atom. The zero-order valence-corrected chi connectivity index (χ0v) is 18.8. The van der Waals surface area contributed by atoms with E-state index in [1.807, 2.05) is 55.5 Å². The lowest BCUT2D eigenvalue weighted by molar-refractivity contribution is -0.129. The molecule has 2 saturated heterocycles. The third-order valence-corrected chi connectivity index (χ3v) is 7.28. The number of fused-ring (bicyclic) bond motifs is 1. The Labute approximate surface area is 191 Å². The van der Waals surface area contributed by atoms with Gasteiger partial charge in [0.2, 0.25) is 11.8 Å². The fourth-order valence-corrected chi connectivity index (χ4v) is 5.37. The number of morpholine rings is 1. The van der Waals surface area contributed by atoms with Crippen LogP contribution in [0.4, 0.5) is 10.8 Å². The number of thiazole rings is 1. The molecule has 0 spiro atoms. The highest BCUT2D eigenvalue weighted by Gasteiger charge is 2.37. The van der Waals surface area contributed by atoms with Gasteiger partial charge in [0.05, 0.1) is 35.4 Å². The summed E-state index contributed by atoms with van der Waals surface area (Å²) in [4.78, 5) is 34.3. The Hall–Kier alpha value is -2.97. The van der Waals surface area contributed by atoms with Gasteiger partial charge in [-0.15, -0.1) is 0 Å². The summed E-state index contributed by atoms with van der Waals surface area (Å²) in [5.74, 6) is -0.442. The van der Waals surface area contributed by atoms with Crippen molar-refractivity contribution in [1.82, 2.24) is 9.88 Å². The van der Waals surface area contributed by atoms with Crippen molar-refractivity contribution in [2.45, 2.75) is 19.4 Å². The molecule has 166 valence electrons. The molecule has 2 fully saturated rings. The van der Waals surface area contributed by atoms with Crippen molar-refractivity contribution < 1.29 is 14.3 Å². The second kappa shape index (κ2) is 8.88. The molecule has 5 rings (SSSR count). The zero-order chi connectivity index (χ0) is 22.1. The van der Waals surface area contributed by atoms with Crippen molar-refractivity contribution in [3.63, 3.8) is 0 Å². The van der Waals surface area contributed by atoms with Gasteiger partial charge in [0.15, 0.2) is 5.13 Å². The van der Waals surface area contributed by atoms with E-state index in [0.717, 1.165) is 52.9 Å². The minimum atomic E-state index is -0.352. The lowest BCUT2D eigenvalue weighted by Crippen LogP contribution is -2.36. The summed E-state index contributed by atoms with van der Waals surface area (Å²) in [6.45, 7) is 5.57. The van der Waals surface area contributed by atoms with Crippen LogP contribution >= 0.6 is 11.3 Å². The molecule has 0 radical (unpaired) electrons. The van der Waals surface area contributed by atoms with Gasteiger partial charge in [-0.25, -0.2) is 4.98 Å². The Morgan fingerprint density at radius 3 is 2.75 bits per heavy atom. The number of hydrogen-bond acceptors (Lipinski definition) is 6. The predicted molar refractivity (Wildman–Crippen MR) is 126 cm³/mol. The van der Waals surface area contributed by atoms with Gasteiger partial charge < -0.3 is 19.9 Å². The van der Waals surface area contributed by atoms with Gasteiger partial charge in [0.1, 0.15) is 0 Å². The number of rotatable bonds is 5. The molecule has 0 aliphatic carbocycles. The van der Waals surface area contributed by atoms with Crippen molar-refractivity contribution in [2.75, 3.05) is 43.1 Å². The molecule has 0 saturated carbocycles. The first-order valence-electron chi connectivity index (χ1n) is 11.0. The van der Waals surface area contributed by atoms with Crippen LogP contribution in [-0.2, 0) is 14.3 Å². The molecule has 3 heterocycles. The van der Waals surface area contributed by atoms with E-state index in [0.29, 0.717) is 6.54 Å². The molecule has 0 bridgehead atoms. The number of carbonyl (C=O) groups excluding carboxylic acids is 2. The highest BCUT2D eigenvalue weighted by Crippen LogP contribution is 2.32. The van der Waals surface area contributed by atoms with E-state index < -0.39 is 0 Å². The van der Waals surface area contributed by atoms with Crippen LogP contribution < -0.4 is 10.2 Å². The average molecular weight is 451 g/mol. The molecule has 2 aliphatic rings. The normalized spacial score (nSPS) is 20.0. The molecule has 2 aromatic carbocycles. The molecular weight excluding hydrogens is 424 g/mol. The minimum absolute atomic E-state index is 0.0227. The Bertz CT molecular complexity index is 1130. The second-order valence-electron chi connectivity index (χ2n) is 8.30. The molecular formula is C24H26N4O3S. The van der Waals surface area contributed by atoms with Crippen molar-refractivity contribution in [3.8, 4) is 0 Å². The van der Waals surface area contributed by atoms with E-state index in [-0.39, 0.29) is 30.2 Å². The van der Waals surface area contributed by atoms with Crippen molar-refractivity contribution in [2.24, 2.45) is 5.92 Å². The number of likely N-dealkylation sites (tertiary alicyclic amines) is 1. The number of carbonyl (C=O) groups is 2. The molecule has 32 heavy (non-hydrogen) atoms. The van der Waals surface area contributed by atoms with Crippen LogP contribution in [0.1, 0.15) is 24.9 Å². The lowest BCUT2D eigenvalue weighted by atomic mass is 10.1. The predicted octanol–water partition coefficient (Wildman–Crippen LogP) is 3.68. The number of hydrogen-bond donors (Lipinski definition) is 1. The molecule has 3 aromatic rings. The van der Waals surface area contributed by atoms with E-state index in [9.17, 15) is 9.59 Å². The maximum Gasteiger partial charge on any atom is 0.229 e. The van der Waals surface area contributed by atoms with E-state index >= 15 is 0 Å². The van der Waals surface area contributed by atoms with Gasteiger partial charge in [-0.3, -0.25) is 9.59 Å². The van der Waals surface area contributed by atoms with E-state index in [2.05, 4.69) is 10.2 Å². The van der Waals surface area contributed by atoms with Crippen LogP contribution in [0.25, 0.3) is 10.2 Å². The standard InChI is InChI=1S/C24H26N4O3S/c1-16(17-5-3-2-4-6-17)28-15-18(13-22(28)29)23(30)25-19-7-8-20-21(14-19)32-24(26-20)27-9-11-31-12-10-27/h2-8,14,16,18H,9-13,15H2,1H3,(H,25,30)/t16-,18-/m0/s1. The molecule has 2 amide bonds. The van der Waals surface area contributed by atoms with Gasteiger partial charge in [0.25, 0.3) is 0 Å². The number of benzene rings is 2. The van der Waals surface area contributed by atoms with E-state index in [1.54, 1.807) is 16.2 Å². The third-order valence-electron chi connectivity index (χ3n) is 6.21. The van der Waals surface area contributed by atoms with Crippen molar-refractivity contribution >= 4 is 44.2 Å². The molecule has 1 aromatic heterocycles. The number of anilines is 2. The summed E-state index contributed by atoms with van der Waals surface area (Å²) in [7, 11) is 0. The van der Waals surface area contributed by atoms with Crippen LogP contribution in [-0.4, -0.2) is 54.5 Å². The quantitative estimate of drug-likeness (QED) is 0.642. The highest BCUT2D eigenvalue weighted by molar-refractivity contribution is 7.22.